The summed E-state index contributed by atoms with van der Waals surface area (Å²) < 4.78 is 24.8. The van der Waals surface area contributed by atoms with Crippen molar-refractivity contribution in [1.82, 2.24) is 0 Å². The van der Waals surface area contributed by atoms with Gasteiger partial charge in [-0.05, 0) is 42.7 Å². The average molecular weight is 364 g/mol. The van der Waals surface area contributed by atoms with E-state index in [1.54, 1.807) is 29.2 Å². The largest absolute Gasteiger partial charge is 0.308 e. The van der Waals surface area contributed by atoms with Crippen LogP contribution in [-0.4, -0.2) is 26.1 Å². The SMILES string of the molecule is CC1Cc2ccccc2N1C(=O)CS(=O)(=O)Cc1ccc(Cl)cc1. The van der Waals surface area contributed by atoms with Gasteiger partial charge in [0.25, 0.3) is 0 Å². The molecule has 1 aliphatic heterocycles. The van der Waals surface area contributed by atoms with E-state index in [2.05, 4.69) is 0 Å². The Morgan fingerprint density at radius 1 is 1.17 bits per heavy atom. The van der Waals surface area contributed by atoms with Crippen LogP contribution in [0.4, 0.5) is 5.69 Å². The van der Waals surface area contributed by atoms with Gasteiger partial charge < -0.3 is 4.90 Å². The van der Waals surface area contributed by atoms with Crippen LogP contribution in [0, 0.1) is 0 Å². The molecular formula is C18H18ClNO3S. The number of hydrogen-bond acceptors (Lipinski definition) is 3. The maximum Gasteiger partial charge on any atom is 0.242 e. The van der Waals surface area contributed by atoms with Crippen LogP contribution < -0.4 is 4.90 Å². The van der Waals surface area contributed by atoms with Gasteiger partial charge >= 0.3 is 0 Å². The Kier molecular flexibility index (Phi) is 4.65. The number of amides is 1. The van der Waals surface area contributed by atoms with Gasteiger partial charge in [-0.2, -0.15) is 0 Å². The van der Waals surface area contributed by atoms with Crippen LogP contribution in [0.5, 0.6) is 0 Å². The van der Waals surface area contributed by atoms with Crippen LogP contribution in [0.1, 0.15) is 18.1 Å². The number of rotatable bonds is 4. The molecule has 2 aromatic carbocycles. The van der Waals surface area contributed by atoms with E-state index in [0.29, 0.717) is 10.6 Å². The molecule has 6 heteroatoms. The highest BCUT2D eigenvalue weighted by Gasteiger charge is 2.32. The molecule has 1 atom stereocenters. The Morgan fingerprint density at radius 2 is 1.83 bits per heavy atom. The van der Waals surface area contributed by atoms with Gasteiger partial charge in [0.1, 0.15) is 5.75 Å². The number of fused-ring (bicyclic) bond motifs is 1. The summed E-state index contributed by atoms with van der Waals surface area (Å²) in [7, 11) is -3.54. The minimum Gasteiger partial charge on any atom is -0.308 e. The van der Waals surface area contributed by atoms with Gasteiger partial charge in [-0.25, -0.2) is 8.42 Å². The lowest BCUT2D eigenvalue weighted by molar-refractivity contribution is -0.116. The lowest BCUT2D eigenvalue weighted by Gasteiger charge is -2.22. The van der Waals surface area contributed by atoms with Crippen molar-refractivity contribution in [1.29, 1.82) is 0 Å². The third-order valence-corrected chi connectivity index (χ3v) is 5.83. The van der Waals surface area contributed by atoms with E-state index in [0.717, 1.165) is 17.7 Å². The van der Waals surface area contributed by atoms with Crippen molar-refractivity contribution in [3.05, 3.63) is 64.7 Å². The minimum absolute atomic E-state index is 0.0272. The predicted molar refractivity (Wildman–Crippen MR) is 96.0 cm³/mol. The Balaban J connectivity index is 1.75. The van der Waals surface area contributed by atoms with Crippen LogP contribution in [0.15, 0.2) is 48.5 Å². The number of halogens is 1. The molecule has 1 aliphatic rings. The molecule has 1 unspecified atom stereocenters. The van der Waals surface area contributed by atoms with E-state index >= 15 is 0 Å². The van der Waals surface area contributed by atoms with Crippen LogP contribution in [-0.2, 0) is 26.8 Å². The third kappa shape index (κ3) is 3.62. The van der Waals surface area contributed by atoms with Gasteiger partial charge in [0.15, 0.2) is 9.84 Å². The molecule has 2 aromatic rings. The summed E-state index contributed by atoms with van der Waals surface area (Å²) in [4.78, 5) is 14.2. The number of sulfone groups is 1. The molecule has 0 saturated carbocycles. The highest BCUT2D eigenvalue weighted by atomic mass is 35.5. The standard InChI is InChI=1S/C18H18ClNO3S/c1-13-10-15-4-2-3-5-17(15)20(13)18(21)12-24(22,23)11-14-6-8-16(19)9-7-14/h2-9,13H,10-12H2,1H3. The van der Waals surface area contributed by atoms with Gasteiger partial charge in [-0.1, -0.05) is 41.9 Å². The summed E-state index contributed by atoms with van der Waals surface area (Å²) in [5.74, 6) is -1.03. The molecule has 0 saturated heterocycles. The maximum absolute atomic E-state index is 12.6. The van der Waals surface area contributed by atoms with Crippen LogP contribution in [0.3, 0.4) is 0 Å². The number of carbonyl (C=O) groups is 1. The number of para-hydroxylation sites is 1. The number of anilines is 1. The third-order valence-electron chi connectivity index (χ3n) is 4.12. The molecule has 0 aliphatic carbocycles. The van der Waals surface area contributed by atoms with Crippen molar-refractivity contribution in [2.45, 2.75) is 25.1 Å². The molecule has 0 radical (unpaired) electrons. The van der Waals surface area contributed by atoms with Crippen LogP contribution in [0.2, 0.25) is 5.02 Å². The maximum atomic E-state index is 12.6. The molecule has 0 spiro atoms. The fourth-order valence-electron chi connectivity index (χ4n) is 3.09. The highest BCUT2D eigenvalue weighted by Crippen LogP contribution is 2.32. The molecular weight excluding hydrogens is 346 g/mol. The second-order valence-electron chi connectivity index (χ2n) is 6.10. The summed E-state index contributed by atoms with van der Waals surface area (Å²) in [5.41, 5.74) is 2.52. The van der Waals surface area contributed by atoms with Crippen molar-refractivity contribution in [2.24, 2.45) is 0 Å². The first-order chi connectivity index (χ1) is 11.4. The first-order valence-electron chi connectivity index (χ1n) is 7.70. The first-order valence-corrected chi connectivity index (χ1v) is 9.90. The summed E-state index contributed by atoms with van der Waals surface area (Å²) in [6, 6.07) is 14.2. The Hall–Kier alpha value is -1.85. The molecule has 0 aromatic heterocycles. The summed E-state index contributed by atoms with van der Waals surface area (Å²) in [6.45, 7) is 1.93. The quantitative estimate of drug-likeness (QED) is 0.838. The Labute approximate surface area is 147 Å². The second kappa shape index (κ2) is 6.57. The van der Waals surface area contributed by atoms with Gasteiger partial charge in [0.2, 0.25) is 5.91 Å². The normalized spacial score (nSPS) is 16.9. The average Bonchev–Trinajstić information content (AvgIpc) is 2.84. The Bertz CT molecular complexity index is 862. The lowest BCUT2D eigenvalue weighted by atomic mass is 10.1. The zero-order valence-electron chi connectivity index (χ0n) is 13.3. The minimum atomic E-state index is -3.54. The van der Waals surface area contributed by atoms with Gasteiger partial charge in [-0.15, -0.1) is 0 Å². The van der Waals surface area contributed by atoms with Gasteiger partial charge in [0.05, 0.1) is 5.75 Å². The van der Waals surface area contributed by atoms with E-state index in [9.17, 15) is 13.2 Å². The number of benzene rings is 2. The summed E-state index contributed by atoms with van der Waals surface area (Å²) >= 11 is 5.81. The van der Waals surface area contributed by atoms with E-state index in [1.165, 1.54) is 0 Å². The molecule has 126 valence electrons. The summed E-state index contributed by atoms with van der Waals surface area (Å²) in [5, 5.41) is 0.551. The van der Waals surface area contributed by atoms with Gasteiger partial charge in [-0.3, -0.25) is 4.79 Å². The van der Waals surface area contributed by atoms with Crippen molar-refractivity contribution in [3.8, 4) is 0 Å². The highest BCUT2D eigenvalue weighted by molar-refractivity contribution is 7.91. The smallest absolute Gasteiger partial charge is 0.242 e. The molecule has 4 nitrogen and oxygen atoms in total. The molecule has 1 amide bonds. The van der Waals surface area contributed by atoms with Crippen LogP contribution in [0.25, 0.3) is 0 Å². The van der Waals surface area contributed by atoms with E-state index < -0.39 is 15.6 Å². The zero-order valence-corrected chi connectivity index (χ0v) is 14.8. The lowest BCUT2D eigenvalue weighted by Crippen LogP contribution is -2.39. The number of hydrogen-bond donors (Lipinski definition) is 0. The molecule has 0 fully saturated rings. The van der Waals surface area contributed by atoms with Crippen molar-refractivity contribution in [2.75, 3.05) is 10.7 Å². The molecule has 3 rings (SSSR count). The fraction of sp³-hybridized carbons (Fsp3) is 0.278. The van der Waals surface area contributed by atoms with Crippen molar-refractivity contribution in [3.63, 3.8) is 0 Å². The van der Waals surface area contributed by atoms with Crippen molar-refractivity contribution >= 4 is 33.0 Å². The van der Waals surface area contributed by atoms with E-state index in [1.807, 2.05) is 31.2 Å². The molecule has 0 N–H and O–H groups in total. The Morgan fingerprint density at radius 3 is 2.54 bits per heavy atom. The number of nitrogens with zero attached hydrogens (tertiary/aromatic N) is 1. The fourth-order valence-corrected chi connectivity index (χ4v) is 4.53. The topological polar surface area (TPSA) is 54.5 Å². The first kappa shape index (κ1) is 17.0. The van der Waals surface area contributed by atoms with E-state index in [-0.39, 0.29) is 17.7 Å². The number of carbonyl (C=O) groups excluding carboxylic acids is 1. The predicted octanol–water partition coefficient (Wildman–Crippen LogP) is 3.23. The summed E-state index contributed by atoms with van der Waals surface area (Å²) in [6.07, 6.45) is 0.749. The monoisotopic (exact) mass is 363 g/mol. The van der Waals surface area contributed by atoms with Crippen LogP contribution >= 0.6 is 11.6 Å². The molecule has 1 heterocycles. The van der Waals surface area contributed by atoms with Gasteiger partial charge in [0, 0.05) is 16.8 Å². The second-order valence-corrected chi connectivity index (χ2v) is 8.61. The van der Waals surface area contributed by atoms with E-state index in [4.69, 9.17) is 11.6 Å². The molecule has 0 bridgehead atoms. The zero-order chi connectivity index (χ0) is 17.3. The van der Waals surface area contributed by atoms with Crippen molar-refractivity contribution < 1.29 is 13.2 Å². The molecule has 24 heavy (non-hydrogen) atoms.